The summed E-state index contributed by atoms with van der Waals surface area (Å²) in [6.07, 6.45) is -0.517. The zero-order valence-corrected chi connectivity index (χ0v) is 6.82. The van der Waals surface area contributed by atoms with Crippen LogP contribution in [0.25, 0.3) is 0 Å². The van der Waals surface area contributed by atoms with Crippen molar-refractivity contribution in [1.29, 1.82) is 0 Å². The standard InChI is InChI=1S/C7H12F2O2/c1-6(2,4-5(10)11)7(3,8)9/h4H2,1-3H3,(H,10,11). The predicted octanol–water partition coefficient (Wildman–Crippen LogP) is 2.14. The Balaban J connectivity index is 4.34. The summed E-state index contributed by atoms with van der Waals surface area (Å²) in [4.78, 5) is 10.1. The lowest BCUT2D eigenvalue weighted by Crippen LogP contribution is -2.35. The van der Waals surface area contributed by atoms with Crippen LogP contribution in [0.4, 0.5) is 8.78 Å². The molecule has 0 unspecified atom stereocenters. The summed E-state index contributed by atoms with van der Waals surface area (Å²) in [6.45, 7) is 3.21. The molecule has 0 rings (SSSR count). The Morgan fingerprint density at radius 1 is 1.36 bits per heavy atom. The smallest absolute Gasteiger partial charge is 0.304 e. The van der Waals surface area contributed by atoms with Crippen molar-refractivity contribution < 1.29 is 18.7 Å². The number of aliphatic carboxylic acids is 1. The molecule has 0 saturated carbocycles. The van der Waals surface area contributed by atoms with E-state index in [0.717, 1.165) is 6.92 Å². The van der Waals surface area contributed by atoms with Crippen molar-refractivity contribution in [3.05, 3.63) is 0 Å². The lowest BCUT2D eigenvalue weighted by atomic mass is 9.83. The molecule has 0 aromatic carbocycles. The van der Waals surface area contributed by atoms with Gasteiger partial charge in [0.05, 0.1) is 6.42 Å². The Kier molecular flexibility index (Phi) is 2.59. The van der Waals surface area contributed by atoms with Gasteiger partial charge in [-0.1, -0.05) is 13.8 Å². The number of hydrogen-bond acceptors (Lipinski definition) is 1. The van der Waals surface area contributed by atoms with Crippen molar-refractivity contribution in [3.8, 4) is 0 Å². The molecule has 0 fully saturated rings. The summed E-state index contributed by atoms with van der Waals surface area (Å²) in [6, 6.07) is 0. The quantitative estimate of drug-likeness (QED) is 0.697. The number of hydrogen-bond donors (Lipinski definition) is 1. The monoisotopic (exact) mass is 166 g/mol. The van der Waals surface area contributed by atoms with Gasteiger partial charge in [-0.2, -0.15) is 0 Å². The number of alkyl halides is 2. The fourth-order valence-electron chi connectivity index (χ4n) is 0.533. The van der Waals surface area contributed by atoms with Crippen LogP contribution in [0, 0.1) is 5.41 Å². The van der Waals surface area contributed by atoms with E-state index < -0.39 is 23.7 Å². The van der Waals surface area contributed by atoms with E-state index in [1.807, 2.05) is 0 Å². The van der Waals surface area contributed by atoms with Crippen LogP contribution in [0.3, 0.4) is 0 Å². The van der Waals surface area contributed by atoms with Gasteiger partial charge in [0, 0.05) is 5.41 Å². The lowest BCUT2D eigenvalue weighted by Gasteiger charge is -2.29. The second kappa shape index (κ2) is 2.75. The average molecular weight is 166 g/mol. The summed E-state index contributed by atoms with van der Waals surface area (Å²) in [5, 5.41) is 8.28. The lowest BCUT2D eigenvalue weighted by molar-refractivity contribution is -0.149. The molecule has 0 radical (unpaired) electrons. The molecule has 0 bridgehead atoms. The van der Waals surface area contributed by atoms with E-state index in [1.54, 1.807) is 0 Å². The molecule has 0 aliphatic heterocycles. The first-order chi connectivity index (χ1) is 4.67. The maximum Gasteiger partial charge on any atom is 0.304 e. The highest BCUT2D eigenvalue weighted by Gasteiger charge is 2.43. The van der Waals surface area contributed by atoms with Crippen LogP contribution < -0.4 is 0 Å². The average Bonchev–Trinajstić information content (AvgIpc) is 1.56. The molecule has 66 valence electrons. The topological polar surface area (TPSA) is 37.3 Å². The van der Waals surface area contributed by atoms with Gasteiger partial charge >= 0.3 is 5.97 Å². The van der Waals surface area contributed by atoms with Crippen LogP contribution >= 0.6 is 0 Å². The molecule has 0 saturated heterocycles. The Morgan fingerprint density at radius 3 is 1.82 bits per heavy atom. The SMILES string of the molecule is CC(F)(F)C(C)(C)CC(=O)O. The largest absolute Gasteiger partial charge is 0.481 e. The molecule has 0 aromatic heterocycles. The Bertz CT molecular complexity index is 158. The number of carboxylic acid groups (broad SMARTS) is 1. The Morgan fingerprint density at radius 2 is 1.73 bits per heavy atom. The van der Waals surface area contributed by atoms with Gasteiger partial charge in [-0.25, -0.2) is 8.78 Å². The van der Waals surface area contributed by atoms with Crippen LogP contribution in [0.2, 0.25) is 0 Å². The molecule has 2 nitrogen and oxygen atoms in total. The molecule has 0 atom stereocenters. The highest BCUT2D eigenvalue weighted by molar-refractivity contribution is 5.67. The Labute approximate surface area is 64.2 Å². The van der Waals surface area contributed by atoms with E-state index in [1.165, 1.54) is 13.8 Å². The van der Waals surface area contributed by atoms with Gasteiger partial charge in [0.15, 0.2) is 0 Å². The first-order valence-corrected chi connectivity index (χ1v) is 3.26. The van der Waals surface area contributed by atoms with Crippen molar-refractivity contribution in [2.75, 3.05) is 0 Å². The maximum absolute atomic E-state index is 12.6. The molecular formula is C7H12F2O2. The maximum atomic E-state index is 12.6. The first-order valence-electron chi connectivity index (χ1n) is 3.26. The summed E-state index contributed by atoms with van der Waals surface area (Å²) in [5.41, 5.74) is -1.47. The fourth-order valence-corrected chi connectivity index (χ4v) is 0.533. The molecule has 0 aliphatic rings. The van der Waals surface area contributed by atoms with Crippen molar-refractivity contribution in [3.63, 3.8) is 0 Å². The van der Waals surface area contributed by atoms with Gasteiger partial charge in [-0.05, 0) is 6.92 Å². The van der Waals surface area contributed by atoms with E-state index in [4.69, 9.17) is 5.11 Å². The molecule has 0 heterocycles. The molecule has 0 aliphatic carbocycles. The number of carbonyl (C=O) groups is 1. The van der Waals surface area contributed by atoms with Gasteiger partial charge < -0.3 is 5.11 Å². The van der Waals surface area contributed by atoms with Crippen LogP contribution in [-0.2, 0) is 4.79 Å². The van der Waals surface area contributed by atoms with Crippen LogP contribution in [-0.4, -0.2) is 17.0 Å². The predicted molar refractivity (Wildman–Crippen MR) is 36.7 cm³/mol. The van der Waals surface area contributed by atoms with Gasteiger partial charge in [0.25, 0.3) is 5.92 Å². The highest BCUT2D eigenvalue weighted by atomic mass is 19.3. The fraction of sp³-hybridized carbons (Fsp3) is 0.857. The number of rotatable bonds is 3. The van der Waals surface area contributed by atoms with Gasteiger partial charge in [-0.3, -0.25) is 4.79 Å². The van der Waals surface area contributed by atoms with E-state index in [-0.39, 0.29) is 0 Å². The van der Waals surface area contributed by atoms with Crippen molar-refractivity contribution >= 4 is 5.97 Å². The van der Waals surface area contributed by atoms with Crippen molar-refractivity contribution in [2.24, 2.45) is 5.41 Å². The van der Waals surface area contributed by atoms with Crippen LogP contribution in [0.15, 0.2) is 0 Å². The summed E-state index contributed by atoms with van der Waals surface area (Å²) < 4.78 is 25.2. The minimum Gasteiger partial charge on any atom is -0.481 e. The minimum atomic E-state index is -2.95. The molecule has 0 spiro atoms. The molecule has 11 heavy (non-hydrogen) atoms. The third kappa shape index (κ3) is 2.82. The second-order valence-corrected chi connectivity index (χ2v) is 3.34. The minimum absolute atomic E-state index is 0.517. The molecular weight excluding hydrogens is 154 g/mol. The van der Waals surface area contributed by atoms with Gasteiger partial charge in [0.2, 0.25) is 0 Å². The zero-order valence-electron chi connectivity index (χ0n) is 6.82. The third-order valence-electron chi connectivity index (χ3n) is 1.78. The van der Waals surface area contributed by atoms with Gasteiger partial charge in [0.1, 0.15) is 0 Å². The molecule has 0 amide bonds. The second-order valence-electron chi connectivity index (χ2n) is 3.34. The van der Waals surface area contributed by atoms with E-state index in [0.29, 0.717) is 0 Å². The first kappa shape index (κ1) is 10.3. The van der Waals surface area contributed by atoms with Gasteiger partial charge in [-0.15, -0.1) is 0 Å². The van der Waals surface area contributed by atoms with Crippen LogP contribution in [0.5, 0.6) is 0 Å². The van der Waals surface area contributed by atoms with E-state index >= 15 is 0 Å². The summed E-state index contributed by atoms with van der Waals surface area (Å²) in [5.74, 6) is -4.15. The number of halogens is 2. The normalized spacial score (nSPS) is 13.2. The van der Waals surface area contributed by atoms with Crippen LogP contribution in [0.1, 0.15) is 27.2 Å². The summed E-state index contributed by atoms with van der Waals surface area (Å²) >= 11 is 0. The Hall–Kier alpha value is -0.670. The third-order valence-corrected chi connectivity index (χ3v) is 1.78. The van der Waals surface area contributed by atoms with E-state index in [9.17, 15) is 13.6 Å². The molecule has 0 aromatic rings. The number of carboxylic acids is 1. The van der Waals surface area contributed by atoms with Crippen molar-refractivity contribution in [1.82, 2.24) is 0 Å². The molecule has 1 N–H and O–H groups in total. The molecule has 4 heteroatoms. The van der Waals surface area contributed by atoms with Crippen molar-refractivity contribution in [2.45, 2.75) is 33.1 Å². The highest BCUT2D eigenvalue weighted by Crippen LogP contribution is 2.38. The zero-order chi connectivity index (χ0) is 9.28. The summed E-state index contributed by atoms with van der Waals surface area (Å²) in [7, 11) is 0. The van der Waals surface area contributed by atoms with E-state index in [2.05, 4.69) is 0 Å².